The highest BCUT2D eigenvalue weighted by Crippen LogP contribution is 2.21. The summed E-state index contributed by atoms with van der Waals surface area (Å²) >= 11 is 5.22. The fourth-order valence-corrected chi connectivity index (χ4v) is 3.45. The molecular weight excluding hydrogens is 417 g/mol. The number of nitrogens with zero attached hydrogens (tertiary/aromatic N) is 2. The molecule has 0 saturated carbocycles. The van der Waals surface area contributed by atoms with Gasteiger partial charge >= 0.3 is 0 Å². The van der Waals surface area contributed by atoms with Gasteiger partial charge in [-0.1, -0.05) is 23.8 Å². The third kappa shape index (κ3) is 5.27. The lowest BCUT2D eigenvalue weighted by Crippen LogP contribution is -2.20. The van der Waals surface area contributed by atoms with Crippen LogP contribution in [0.1, 0.15) is 5.56 Å². The first kappa shape index (κ1) is 20.7. The maximum Gasteiger partial charge on any atom is 0.244 e. The number of nitrogens with one attached hydrogen (secondary N) is 3. The number of hydrogen-bond donors (Lipinski definition) is 3. The Morgan fingerprint density at radius 2 is 2.03 bits per heavy atom. The van der Waals surface area contributed by atoms with Gasteiger partial charge in [0.15, 0.2) is 10.6 Å². The predicted molar refractivity (Wildman–Crippen MR) is 111 cm³/mol. The number of aromatic amines is 1. The molecule has 3 rings (SSSR count). The van der Waals surface area contributed by atoms with Crippen molar-refractivity contribution in [3.63, 3.8) is 0 Å². The topological polar surface area (TPSA) is 109 Å². The first-order valence-corrected chi connectivity index (χ1v) is 10.7. The number of benzene rings is 2. The second-order valence-corrected chi connectivity index (χ2v) is 8.56. The van der Waals surface area contributed by atoms with Crippen LogP contribution in [0.2, 0.25) is 0 Å². The summed E-state index contributed by atoms with van der Waals surface area (Å²) in [7, 11) is -3.66. The molecule has 1 amide bonds. The van der Waals surface area contributed by atoms with E-state index in [0.29, 0.717) is 5.82 Å². The highest BCUT2D eigenvalue weighted by molar-refractivity contribution is 7.92. The highest BCUT2D eigenvalue weighted by Gasteiger charge is 2.14. The lowest BCUT2D eigenvalue weighted by atomic mass is 10.1. The van der Waals surface area contributed by atoms with Gasteiger partial charge in [-0.25, -0.2) is 12.8 Å². The predicted octanol–water partition coefficient (Wildman–Crippen LogP) is 3.07. The van der Waals surface area contributed by atoms with Crippen molar-refractivity contribution in [3.05, 3.63) is 58.6 Å². The van der Waals surface area contributed by atoms with E-state index < -0.39 is 21.7 Å². The number of amides is 1. The molecule has 8 nitrogen and oxygen atoms in total. The van der Waals surface area contributed by atoms with Gasteiger partial charge in [0.1, 0.15) is 12.4 Å². The Morgan fingerprint density at radius 1 is 1.28 bits per heavy atom. The van der Waals surface area contributed by atoms with Crippen LogP contribution < -0.4 is 10.0 Å². The molecule has 3 aromatic rings. The van der Waals surface area contributed by atoms with Gasteiger partial charge in [0.2, 0.25) is 15.9 Å². The van der Waals surface area contributed by atoms with Gasteiger partial charge in [-0.3, -0.25) is 19.2 Å². The monoisotopic (exact) mass is 435 g/mol. The van der Waals surface area contributed by atoms with Gasteiger partial charge in [0, 0.05) is 11.3 Å². The number of aromatic nitrogens is 3. The number of carbonyl (C=O) groups is 1. The number of rotatable bonds is 6. The van der Waals surface area contributed by atoms with Gasteiger partial charge < -0.3 is 5.32 Å². The molecule has 1 heterocycles. The standard InChI is InChI=1S/C18H18FN5O3S2/c1-11-4-3-5-12(8-11)17-21-22-18(28)24(17)10-16(25)20-13-6-7-14(19)15(9-13)23-29(2,26)27/h3-9,23H,10H2,1-2H3,(H,20,25)(H,22,28). The van der Waals surface area contributed by atoms with Crippen LogP contribution in [0.5, 0.6) is 0 Å². The number of sulfonamides is 1. The summed E-state index contributed by atoms with van der Waals surface area (Å²) in [5.41, 5.74) is 1.80. The minimum Gasteiger partial charge on any atom is -0.324 e. The Labute approximate surface area is 171 Å². The number of aryl methyl sites for hydroxylation is 1. The molecule has 0 aliphatic heterocycles. The molecule has 0 fully saturated rings. The van der Waals surface area contributed by atoms with Gasteiger partial charge in [-0.15, -0.1) is 0 Å². The van der Waals surface area contributed by atoms with Crippen LogP contribution in [-0.2, 0) is 21.4 Å². The molecule has 0 aliphatic rings. The molecule has 0 atom stereocenters. The molecule has 2 aromatic carbocycles. The van der Waals surface area contributed by atoms with E-state index in [1.807, 2.05) is 31.2 Å². The summed E-state index contributed by atoms with van der Waals surface area (Å²) < 4.78 is 40.4. The Hall–Kier alpha value is -3.05. The number of carbonyl (C=O) groups excluding carboxylic acids is 1. The average Bonchev–Trinajstić information content (AvgIpc) is 2.97. The first-order chi connectivity index (χ1) is 13.6. The molecule has 11 heteroatoms. The second-order valence-electron chi connectivity index (χ2n) is 6.43. The van der Waals surface area contributed by atoms with Crippen molar-refractivity contribution in [2.24, 2.45) is 0 Å². The normalized spacial score (nSPS) is 11.3. The minimum absolute atomic E-state index is 0.134. The lowest BCUT2D eigenvalue weighted by Gasteiger charge is -2.11. The molecule has 0 radical (unpaired) electrons. The number of anilines is 2. The molecule has 29 heavy (non-hydrogen) atoms. The SMILES string of the molecule is Cc1cccc(-c2n[nH]c(=S)n2CC(=O)Nc2ccc(F)c(NS(C)(=O)=O)c2)c1. The summed E-state index contributed by atoms with van der Waals surface area (Å²) in [6, 6.07) is 11.2. The second kappa shape index (κ2) is 8.13. The Bertz CT molecular complexity index is 1230. The van der Waals surface area contributed by atoms with Crippen LogP contribution in [0.4, 0.5) is 15.8 Å². The van der Waals surface area contributed by atoms with Crippen LogP contribution in [0.25, 0.3) is 11.4 Å². The van der Waals surface area contributed by atoms with E-state index in [1.54, 1.807) is 4.57 Å². The maximum absolute atomic E-state index is 13.8. The van der Waals surface area contributed by atoms with Gasteiger partial charge in [0.05, 0.1) is 11.9 Å². The Kier molecular flexibility index (Phi) is 5.80. The van der Waals surface area contributed by atoms with Crippen molar-refractivity contribution in [3.8, 4) is 11.4 Å². The third-order valence-electron chi connectivity index (χ3n) is 3.88. The molecule has 0 spiro atoms. The zero-order valence-corrected chi connectivity index (χ0v) is 17.2. The fourth-order valence-electron chi connectivity index (χ4n) is 2.69. The van der Waals surface area contributed by atoms with E-state index in [1.165, 1.54) is 12.1 Å². The van der Waals surface area contributed by atoms with Crippen molar-refractivity contribution < 1.29 is 17.6 Å². The zero-order valence-electron chi connectivity index (χ0n) is 15.6. The van der Waals surface area contributed by atoms with E-state index in [-0.39, 0.29) is 22.7 Å². The van der Waals surface area contributed by atoms with E-state index in [4.69, 9.17) is 12.2 Å². The third-order valence-corrected chi connectivity index (χ3v) is 4.78. The Morgan fingerprint density at radius 3 is 2.72 bits per heavy atom. The van der Waals surface area contributed by atoms with E-state index >= 15 is 0 Å². The first-order valence-electron chi connectivity index (χ1n) is 8.42. The molecular formula is C18H18FN5O3S2. The van der Waals surface area contributed by atoms with Crippen molar-refractivity contribution in [1.82, 2.24) is 14.8 Å². The van der Waals surface area contributed by atoms with Crippen LogP contribution in [0.3, 0.4) is 0 Å². The lowest BCUT2D eigenvalue weighted by molar-refractivity contribution is -0.116. The van der Waals surface area contributed by atoms with E-state index in [0.717, 1.165) is 23.4 Å². The van der Waals surface area contributed by atoms with Crippen molar-refractivity contribution in [2.75, 3.05) is 16.3 Å². The molecule has 0 saturated heterocycles. The summed E-state index contributed by atoms with van der Waals surface area (Å²) in [6.45, 7) is 1.81. The summed E-state index contributed by atoms with van der Waals surface area (Å²) in [4.78, 5) is 12.5. The highest BCUT2D eigenvalue weighted by atomic mass is 32.2. The van der Waals surface area contributed by atoms with Crippen LogP contribution >= 0.6 is 12.2 Å². The van der Waals surface area contributed by atoms with Crippen molar-refractivity contribution in [2.45, 2.75) is 13.5 Å². The van der Waals surface area contributed by atoms with Crippen LogP contribution in [0.15, 0.2) is 42.5 Å². The van der Waals surface area contributed by atoms with Crippen LogP contribution in [0, 0.1) is 17.5 Å². The number of halogens is 1. The van der Waals surface area contributed by atoms with Gasteiger partial charge in [-0.2, -0.15) is 5.10 Å². The molecule has 0 unspecified atom stereocenters. The average molecular weight is 436 g/mol. The maximum atomic E-state index is 13.8. The van der Waals surface area contributed by atoms with Crippen molar-refractivity contribution >= 4 is 39.5 Å². The van der Waals surface area contributed by atoms with E-state index in [9.17, 15) is 17.6 Å². The summed E-state index contributed by atoms with van der Waals surface area (Å²) in [5.74, 6) is -0.687. The fraction of sp³-hybridized carbons (Fsp3) is 0.167. The number of H-pyrrole nitrogens is 1. The molecule has 0 aliphatic carbocycles. The molecule has 3 N–H and O–H groups in total. The smallest absolute Gasteiger partial charge is 0.244 e. The summed E-state index contributed by atoms with van der Waals surface area (Å²) in [6.07, 6.45) is 0.908. The largest absolute Gasteiger partial charge is 0.324 e. The zero-order chi connectivity index (χ0) is 21.2. The van der Waals surface area contributed by atoms with Crippen LogP contribution in [-0.4, -0.2) is 35.3 Å². The molecule has 0 bridgehead atoms. The van der Waals surface area contributed by atoms with E-state index in [2.05, 4.69) is 20.2 Å². The van der Waals surface area contributed by atoms with Gasteiger partial charge in [-0.05, 0) is 43.4 Å². The summed E-state index contributed by atoms with van der Waals surface area (Å²) in [5, 5.41) is 9.47. The molecule has 152 valence electrons. The van der Waals surface area contributed by atoms with Gasteiger partial charge in [0.25, 0.3) is 0 Å². The minimum atomic E-state index is -3.66. The Balaban J connectivity index is 1.81. The number of hydrogen-bond acceptors (Lipinski definition) is 5. The van der Waals surface area contributed by atoms with Crippen molar-refractivity contribution in [1.29, 1.82) is 0 Å². The quantitative estimate of drug-likeness (QED) is 0.516. The molecule has 1 aromatic heterocycles.